The molecule has 0 radical (unpaired) electrons. The number of benzene rings is 1. The molecule has 1 aromatic rings. The van der Waals surface area contributed by atoms with Gasteiger partial charge in [0, 0.05) is 12.2 Å². The van der Waals surface area contributed by atoms with Gasteiger partial charge in [-0.15, -0.1) is 0 Å². The summed E-state index contributed by atoms with van der Waals surface area (Å²) in [5.41, 5.74) is 3.62. The van der Waals surface area contributed by atoms with E-state index in [9.17, 15) is 5.11 Å². The highest BCUT2D eigenvalue weighted by atomic mass is 16.5. The third kappa shape index (κ3) is 4.80. The van der Waals surface area contributed by atoms with Crippen molar-refractivity contribution in [2.45, 2.75) is 58.2 Å². The number of ether oxygens (including phenoxy) is 1. The molecule has 2 N–H and O–H groups in total. The van der Waals surface area contributed by atoms with E-state index in [1.807, 2.05) is 0 Å². The predicted molar refractivity (Wildman–Crippen MR) is 83.2 cm³/mol. The van der Waals surface area contributed by atoms with E-state index in [1.54, 1.807) is 0 Å². The highest BCUT2D eigenvalue weighted by Gasteiger charge is 2.15. The van der Waals surface area contributed by atoms with Crippen LogP contribution in [0.3, 0.4) is 0 Å². The fourth-order valence-electron chi connectivity index (χ4n) is 2.62. The number of aliphatic hydroxyl groups excluding tert-OH is 1. The number of rotatable bonds is 6. The van der Waals surface area contributed by atoms with Gasteiger partial charge >= 0.3 is 0 Å². The molecule has 1 unspecified atom stereocenters. The van der Waals surface area contributed by atoms with Crippen molar-refractivity contribution in [2.24, 2.45) is 0 Å². The van der Waals surface area contributed by atoms with Crippen LogP contribution in [-0.4, -0.2) is 30.5 Å². The molecule has 1 aliphatic carbocycles. The van der Waals surface area contributed by atoms with Crippen molar-refractivity contribution in [1.29, 1.82) is 0 Å². The van der Waals surface area contributed by atoms with Crippen molar-refractivity contribution in [1.82, 2.24) is 0 Å². The lowest BCUT2D eigenvalue weighted by Crippen LogP contribution is -2.28. The molecule has 3 nitrogen and oxygen atoms in total. The number of nitrogens with one attached hydrogen (secondary N) is 1. The van der Waals surface area contributed by atoms with Crippen LogP contribution in [0.1, 0.15) is 43.2 Å². The second-order valence-corrected chi connectivity index (χ2v) is 5.93. The second-order valence-electron chi connectivity index (χ2n) is 5.93. The SMILES string of the molecule is Cc1ccc(NCC(O)COC2CCCCC2)cc1C. The Morgan fingerprint density at radius 3 is 2.65 bits per heavy atom. The smallest absolute Gasteiger partial charge is 0.0945 e. The largest absolute Gasteiger partial charge is 0.389 e. The summed E-state index contributed by atoms with van der Waals surface area (Å²) in [4.78, 5) is 0. The highest BCUT2D eigenvalue weighted by Crippen LogP contribution is 2.20. The van der Waals surface area contributed by atoms with Gasteiger partial charge in [-0.3, -0.25) is 0 Å². The Kier molecular flexibility index (Phi) is 5.86. The molecular weight excluding hydrogens is 250 g/mol. The van der Waals surface area contributed by atoms with E-state index in [0.29, 0.717) is 19.3 Å². The maximum Gasteiger partial charge on any atom is 0.0945 e. The van der Waals surface area contributed by atoms with Gasteiger partial charge in [-0.2, -0.15) is 0 Å². The Labute approximate surface area is 122 Å². The number of hydrogen-bond acceptors (Lipinski definition) is 3. The molecule has 0 amide bonds. The number of hydrogen-bond donors (Lipinski definition) is 2. The van der Waals surface area contributed by atoms with Crippen LogP contribution >= 0.6 is 0 Å². The summed E-state index contributed by atoms with van der Waals surface area (Å²) in [6, 6.07) is 6.27. The normalized spacial score (nSPS) is 17.9. The van der Waals surface area contributed by atoms with Crippen LogP contribution in [-0.2, 0) is 4.74 Å². The third-order valence-electron chi connectivity index (χ3n) is 4.13. The number of anilines is 1. The van der Waals surface area contributed by atoms with Crippen molar-refractivity contribution in [3.63, 3.8) is 0 Å². The molecule has 0 aromatic heterocycles. The van der Waals surface area contributed by atoms with Crippen molar-refractivity contribution >= 4 is 5.69 Å². The van der Waals surface area contributed by atoms with Crippen LogP contribution in [0, 0.1) is 13.8 Å². The standard InChI is InChI=1S/C17H27NO2/c1-13-8-9-15(10-14(13)2)18-11-16(19)12-20-17-6-4-3-5-7-17/h8-10,16-19H,3-7,11-12H2,1-2H3. The van der Waals surface area contributed by atoms with E-state index in [2.05, 4.69) is 37.4 Å². The first-order valence-electron chi connectivity index (χ1n) is 7.76. The van der Waals surface area contributed by atoms with Crippen LogP contribution in [0.25, 0.3) is 0 Å². The number of aliphatic hydroxyl groups is 1. The molecular formula is C17H27NO2. The molecule has 1 atom stereocenters. The van der Waals surface area contributed by atoms with Gasteiger partial charge in [0.15, 0.2) is 0 Å². The molecule has 1 aromatic carbocycles. The lowest BCUT2D eigenvalue weighted by atomic mass is 9.98. The van der Waals surface area contributed by atoms with Gasteiger partial charge in [-0.25, -0.2) is 0 Å². The fourth-order valence-corrected chi connectivity index (χ4v) is 2.62. The highest BCUT2D eigenvalue weighted by molar-refractivity contribution is 5.48. The van der Waals surface area contributed by atoms with E-state index in [4.69, 9.17) is 4.74 Å². The van der Waals surface area contributed by atoms with Gasteiger partial charge in [0.25, 0.3) is 0 Å². The summed E-state index contributed by atoms with van der Waals surface area (Å²) in [6.07, 6.45) is 6.08. The maximum absolute atomic E-state index is 9.98. The zero-order valence-corrected chi connectivity index (χ0v) is 12.7. The molecule has 20 heavy (non-hydrogen) atoms. The molecule has 0 bridgehead atoms. The zero-order valence-electron chi connectivity index (χ0n) is 12.7. The Balaban J connectivity index is 1.68. The van der Waals surface area contributed by atoms with E-state index < -0.39 is 6.10 Å². The first-order chi connectivity index (χ1) is 9.65. The molecule has 0 spiro atoms. The molecule has 3 heteroatoms. The van der Waals surface area contributed by atoms with Gasteiger partial charge in [0.2, 0.25) is 0 Å². The van der Waals surface area contributed by atoms with Crippen LogP contribution < -0.4 is 5.32 Å². The molecule has 2 rings (SSSR count). The molecule has 1 fully saturated rings. The van der Waals surface area contributed by atoms with Crippen molar-refractivity contribution < 1.29 is 9.84 Å². The van der Waals surface area contributed by atoms with E-state index in [-0.39, 0.29) is 0 Å². The minimum atomic E-state index is -0.446. The molecule has 0 heterocycles. The molecule has 1 saturated carbocycles. The monoisotopic (exact) mass is 277 g/mol. The Morgan fingerprint density at radius 1 is 1.20 bits per heavy atom. The van der Waals surface area contributed by atoms with Crippen LogP contribution in [0.4, 0.5) is 5.69 Å². The Hall–Kier alpha value is -1.06. The summed E-state index contributed by atoms with van der Waals surface area (Å²) < 4.78 is 5.79. The Bertz CT molecular complexity index is 413. The van der Waals surface area contributed by atoms with Gasteiger partial charge < -0.3 is 15.2 Å². The summed E-state index contributed by atoms with van der Waals surface area (Å²) in [5, 5.41) is 13.2. The van der Waals surface area contributed by atoms with Crippen LogP contribution in [0.15, 0.2) is 18.2 Å². The summed E-state index contributed by atoms with van der Waals surface area (Å²) in [7, 11) is 0. The number of aryl methyl sites for hydroxylation is 2. The Morgan fingerprint density at radius 2 is 1.95 bits per heavy atom. The maximum atomic E-state index is 9.98. The molecule has 1 aliphatic rings. The average molecular weight is 277 g/mol. The third-order valence-corrected chi connectivity index (χ3v) is 4.13. The lowest BCUT2D eigenvalue weighted by molar-refractivity contribution is -0.0195. The second kappa shape index (κ2) is 7.65. The molecule has 0 saturated heterocycles. The van der Waals surface area contributed by atoms with E-state index in [1.165, 1.54) is 30.4 Å². The van der Waals surface area contributed by atoms with Gasteiger partial charge in [0.1, 0.15) is 0 Å². The first-order valence-corrected chi connectivity index (χ1v) is 7.76. The first kappa shape index (κ1) is 15.3. The molecule has 0 aliphatic heterocycles. The zero-order chi connectivity index (χ0) is 14.4. The quantitative estimate of drug-likeness (QED) is 0.837. The predicted octanol–water partition coefficient (Wildman–Crippen LogP) is 3.43. The van der Waals surface area contributed by atoms with Gasteiger partial charge in [-0.1, -0.05) is 25.3 Å². The average Bonchev–Trinajstić information content (AvgIpc) is 2.47. The van der Waals surface area contributed by atoms with Crippen LogP contribution in [0.5, 0.6) is 0 Å². The summed E-state index contributed by atoms with van der Waals surface area (Å²) >= 11 is 0. The van der Waals surface area contributed by atoms with Gasteiger partial charge in [0.05, 0.1) is 18.8 Å². The molecule has 112 valence electrons. The summed E-state index contributed by atoms with van der Waals surface area (Å²) in [5.74, 6) is 0. The van der Waals surface area contributed by atoms with E-state index in [0.717, 1.165) is 18.5 Å². The lowest BCUT2D eigenvalue weighted by Gasteiger charge is -2.23. The topological polar surface area (TPSA) is 41.5 Å². The van der Waals surface area contributed by atoms with Crippen molar-refractivity contribution in [3.05, 3.63) is 29.3 Å². The fraction of sp³-hybridized carbons (Fsp3) is 0.647. The minimum Gasteiger partial charge on any atom is -0.389 e. The van der Waals surface area contributed by atoms with Crippen molar-refractivity contribution in [2.75, 3.05) is 18.5 Å². The van der Waals surface area contributed by atoms with E-state index >= 15 is 0 Å². The van der Waals surface area contributed by atoms with Gasteiger partial charge in [-0.05, 0) is 49.9 Å². The minimum absolute atomic E-state index is 0.361. The van der Waals surface area contributed by atoms with Crippen molar-refractivity contribution in [3.8, 4) is 0 Å². The summed E-state index contributed by atoms with van der Waals surface area (Å²) in [6.45, 7) is 5.17. The van der Waals surface area contributed by atoms with Crippen LogP contribution in [0.2, 0.25) is 0 Å².